The highest BCUT2D eigenvalue weighted by atomic mass is 16.2. The van der Waals surface area contributed by atoms with Crippen LogP contribution in [0.5, 0.6) is 0 Å². The van der Waals surface area contributed by atoms with Gasteiger partial charge in [0.2, 0.25) is 5.91 Å². The van der Waals surface area contributed by atoms with E-state index >= 15 is 0 Å². The molecular weight excluding hydrogens is 128 g/mol. The van der Waals surface area contributed by atoms with Crippen molar-refractivity contribution in [2.75, 3.05) is 7.05 Å². The molecule has 0 aromatic heterocycles. The molecule has 3 heteroatoms. The molecule has 0 heterocycles. The summed E-state index contributed by atoms with van der Waals surface area (Å²) < 4.78 is 0. The zero-order chi connectivity index (χ0) is 8.15. The summed E-state index contributed by atoms with van der Waals surface area (Å²) in [7, 11) is 1.60. The monoisotopic (exact) mass is 144 g/mol. The third-order valence-corrected chi connectivity index (χ3v) is 1.31. The molecule has 0 aliphatic carbocycles. The van der Waals surface area contributed by atoms with Gasteiger partial charge in [0, 0.05) is 7.05 Å². The molecule has 0 unspecified atom stereocenters. The molecule has 10 heavy (non-hydrogen) atoms. The van der Waals surface area contributed by atoms with Crippen LogP contribution in [0.4, 0.5) is 0 Å². The van der Waals surface area contributed by atoms with E-state index in [9.17, 15) is 4.79 Å². The topological polar surface area (TPSA) is 55.1 Å². The lowest BCUT2D eigenvalue weighted by atomic mass is 10.0. The molecule has 1 amide bonds. The van der Waals surface area contributed by atoms with Crippen LogP contribution in [0.1, 0.15) is 20.3 Å². The second-order valence-electron chi connectivity index (χ2n) is 2.85. The molecule has 3 nitrogen and oxygen atoms in total. The van der Waals surface area contributed by atoms with Crippen molar-refractivity contribution in [1.29, 1.82) is 0 Å². The predicted molar refractivity (Wildman–Crippen MR) is 41.5 cm³/mol. The number of amides is 1. The third-order valence-electron chi connectivity index (χ3n) is 1.31. The molecule has 3 N–H and O–H groups in total. The molecule has 0 radical (unpaired) electrons. The van der Waals surface area contributed by atoms with Gasteiger partial charge in [-0.1, -0.05) is 13.8 Å². The van der Waals surface area contributed by atoms with Crippen LogP contribution in [0.2, 0.25) is 0 Å². The summed E-state index contributed by atoms with van der Waals surface area (Å²) in [5.41, 5.74) is 5.52. The minimum atomic E-state index is -0.343. The fourth-order valence-electron chi connectivity index (χ4n) is 0.800. The van der Waals surface area contributed by atoms with Gasteiger partial charge in [-0.05, 0) is 12.3 Å². The van der Waals surface area contributed by atoms with Crippen LogP contribution in [0, 0.1) is 5.92 Å². The van der Waals surface area contributed by atoms with Gasteiger partial charge in [-0.25, -0.2) is 0 Å². The highest BCUT2D eigenvalue weighted by Crippen LogP contribution is 2.01. The van der Waals surface area contributed by atoms with Gasteiger partial charge in [-0.3, -0.25) is 4.79 Å². The first-order valence-corrected chi connectivity index (χ1v) is 3.55. The van der Waals surface area contributed by atoms with Gasteiger partial charge in [0.25, 0.3) is 0 Å². The number of carbonyl (C=O) groups excluding carboxylic acids is 1. The fraction of sp³-hybridized carbons (Fsp3) is 0.857. The molecule has 0 aromatic carbocycles. The summed E-state index contributed by atoms with van der Waals surface area (Å²) in [4.78, 5) is 10.8. The standard InChI is InChI=1S/C7H16N2O/c1-5(2)4-6(8)7(10)9-3/h5-6H,4,8H2,1-3H3,(H,9,10)/t6-/m0/s1. The zero-order valence-electron chi connectivity index (χ0n) is 6.85. The molecule has 0 bridgehead atoms. The largest absolute Gasteiger partial charge is 0.358 e. The highest BCUT2D eigenvalue weighted by Gasteiger charge is 2.11. The molecule has 0 spiro atoms. The van der Waals surface area contributed by atoms with Crippen LogP contribution < -0.4 is 11.1 Å². The van der Waals surface area contributed by atoms with E-state index in [0.29, 0.717) is 5.92 Å². The number of carbonyl (C=O) groups is 1. The smallest absolute Gasteiger partial charge is 0.236 e. The number of rotatable bonds is 3. The lowest BCUT2D eigenvalue weighted by molar-refractivity contribution is -0.122. The van der Waals surface area contributed by atoms with Crippen LogP contribution in [0.3, 0.4) is 0 Å². The molecule has 0 rings (SSSR count). The van der Waals surface area contributed by atoms with Gasteiger partial charge in [-0.15, -0.1) is 0 Å². The normalized spacial score (nSPS) is 13.3. The summed E-state index contributed by atoms with van der Waals surface area (Å²) in [6, 6.07) is -0.343. The van der Waals surface area contributed by atoms with Crippen LogP contribution >= 0.6 is 0 Å². The minimum Gasteiger partial charge on any atom is -0.358 e. The Bertz CT molecular complexity index is 112. The lowest BCUT2D eigenvalue weighted by Crippen LogP contribution is -2.39. The zero-order valence-corrected chi connectivity index (χ0v) is 6.85. The number of hydrogen-bond acceptors (Lipinski definition) is 2. The van der Waals surface area contributed by atoms with Crippen LogP contribution in [0.15, 0.2) is 0 Å². The van der Waals surface area contributed by atoms with E-state index < -0.39 is 0 Å². The molecule has 1 atom stereocenters. The SMILES string of the molecule is CNC(=O)[C@@H](N)CC(C)C. The van der Waals surface area contributed by atoms with E-state index in [-0.39, 0.29) is 11.9 Å². The van der Waals surface area contributed by atoms with Crippen molar-refractivity contribution in [3.63, 3.8) is 0 Å². The second kappa shape index (κ2) is 4.28. The van der Waals surface area contributed by atoms with E-state index in [1.807, 2.05) is 13.8 Å². The quantitative estimate of drug-likeness (QED) is 0.590. The van der Waals surface area contributed by atoms with E-state index in [2.05, 4.69) is 5.32 Å². The molecule has 0 saturated heterocycles. The number of hydrogen-bond donors (Lipinski definition) is 2. The molecule has 0 saturated carbocycles. The molecule has 0 aromatic rings. The van der Waals surface area contributed by atoms with Crippen molar-refractivity contribution < 1.29 is 4.79 Å². The maximum atomic E-state index is 10.8. The molecule has 0 aliphatic heterocycles. The van der Waals surface area contributed by atoms with Crippen molar-refractivity contribution in [3.05, 3.63) is 0 Å². The average molecular weight is 144 g/mol. The van der Waals surface area contributed by atoms with Crippen molar-refractivity contribution in [2.24, 2.45) is 11.7 Å². The van der Waals surface area contributed by atoms with E-state index in [0.717, 1.165) is 6.42 Å². The summed E-state index contributed by atoms with van der Waals surface area (Å²) in [5.74, 6) is 0.404. The Kier molecular flexibility index (Phi) is 4.03. The van der Waals surface area contributed by atoms with Crippen LogP contribution in [-0.4, -0.2) is 19.0 Å². The lowest BCUT2D eigenvalue weighted by Gasteiger charge is -2.11. The highest BCUT2D eigenvalue weighted by molar-refractivity contribution is 5.81. The van der Waals surface area contributed by atoms with Crippen LogP contribution in [0.25, 0.3) is 0 Å². The molecule has 0 aliphatic rings. The van der Waals surface area contributed by atoms with Crippen LogP contribution in [-0.2, 0) is 4.79 Å². The number of nitrogens with one attached hydrogen (secondary N) is 1. The summed E-state index contributed by atoms with van der Waals surface area (Å²) in [6.07, 6.45) is 0.750. The first-order valence-electron chi connectivity index (χ1n) is 3.55. The van der Waals surface area contributed by atoms with E-state index in [1.54, 1.807) is 7.05 Å². The van der Waals surface area contributed by atoms with Gasteiger partial charge >= 0.3 is 0 Å². The van der Waals surface area contributed by atoms with E-state index in [1.165, 1.54) is 0 Å². The molecular formula is C7H16N2O. The van der Waals surface area contributed by atoms with E-state index in [4.69, 9.17) is 5.73 Å². The summed E-state index contributed by atoms with van der Waals surface area (Å²) in [5, 5.41) is 2.51. The Morgan fingerprint density at radius 3 is 2.40 bits per heavy atom. The predicted octanol–water partition coefficient (Wildman–Crippen LogP) is 0.106. The van der Waals surface area contributed by atoms with Crippen molar-refractivity contribution in [1.82, 2.24) is 5.32 Å². The third kappa shape index (κ3) is 3.45. The maximum Gasteiger partial charge on any atom is 0.236 e. The Labute approximate surface area is 62.0 Å². The van der Waals surface area contributed by atoms with Gasteiger partial charge in [0.05, 0.1) is 6.04 Å². The molecule has 0 fully saturated rings. The molecule has 60 valence electrons. The fourth-order valence-corrected chi connectivity index (χ4v) is 0.800. The Hall–Kier alpha value is -0.570. The minimum absolute atomic E-state index is 0.0753. The maximum absolute atomic E-state index is 10.8. The number of nitrogens with two attached hydrogens (primary N) is 1. The van der Waals surface area contributed by atoms with Gasteiger partial charge in [0.1, 0.15) is 0 Å². The Balaban J connectivity index is 3.61. The second-order valence-corrected chi connectivity index (χ2v) is 2.85. The van der Waals surface area contributed by atoms with Gasteiger partial charge < -0.3 is 11.1 Å². The van der Waals surface area contributed by atoms with Crippen molar-refractivity contribution in [2.45, 2.75) is 26.3 Å². The summed E-state index contributed by atoms with van der Waals surface area (Å²) >= 11 is 0. The Morgan fingerprint density at radius 2 is 2.10 bits per heavy atom. The van der Waals surface area contributed by atoms with Crippen molar-refractivity contribution in [3.8, 4) is 0 Å². The van der Waals surface area contributed by atoms with Crippen molar-refractivity contribution >= 4 is 5.91 Å². The van der Waals surface area contributed by atoms with Gasteiger partial charge in [-0.2, -0.15) is 0 Å². The number of likely N-dealkylation sites (N-methyl/N-ethyl adjacent to an activating group) is 1. The first kappa shape index (κ1) is 9.43. The first-order chi connectivity index (χ1) is 4.57. The summed E-state index contributed by atoms with van der Waals surface area (Å²) in [6.45, 7) is 4.09. The average Bonchev–Trinajstić information content (AvgIpc) is 1.85. The Morgan fingerprint density at radius 1 is 1.60 bits per heavy atom. The van der Waals surface area contributed by atoms with Gasteiger partial charge in [0.15, 0.2) is 0 Å².